The summed E-state index contributed by atoms with van der Waals surface area (Å²) >= 11 is 0. The minimum absolute atomic E-state index is 0.286. The van der Waals surface area contributed by atoms with Crippen LogP contribution in [0, 0.1) is 0 Å². The first-order valence-corrected chi connectivity index (χ1v) is 8.37. The number of H-pyrrole nitrogens is 2. The van der Waals surface area contributed by atoms with Gasteiger partial charge in [0.2, 0.25) is 11.8 Å². The Labute approximate surface area is 150 Å². The maximum atomic E-state index is 12.6. The van der Waals surface area contributed by atoms with E-state index in [1.54, 1.807) is 19.6 Å². The number of benzene rings is 1. The zero-order chi connectivity index (χ0) is 18.5. The van der Waals surface area contributed by atoms with Crippen LogP contribution < -0.4 is 16.4 Å². The van der Waals surface area contributed by atoms with Crippen LogP contribution in [0.3, 0.4) is 0 Å². The number of carbonyl (C=O) groups excluding carboxylic acids is 2. The van der Waals surface area contributed by atoms with Crippen LogP contribution in [0.2, 0.25) is 0 Å². The summed E-state index contributed by atoms with van der Waals surface area (Å²) in [6.07, 6.45) is 5.82. The van der Waals surface area contributed by atoms with Crippen LogP contribution in [-0.2, 0) is 22.4 Å². The summed E-state index contributed by atoms with van der Waals surface area (Å²) in [7, 11) is 1.69. The topological polar surface area (TPSA) is 129 Å². The lowest BCUT2D eigenvalue weighted by atomic mass is 10.0. The van der Waals surface area contributed by atoms with Gasteiger partial charge in [-0.15, -0.1) is 0 Å². The van der Waals surface area contributed by atoms with E-state index in [4.69, 9.17) is 5.73 Å². The van der Waals surface area contributed by atoms with Crippen LogP contribution in [0.1, 0.15) is 11.3 Å². The Morgan fingerprint density at radius 3 is 2.69 bits per heavy atom. The molecular formula is C18H22N6O2. The van der Waals surface area contributed by atoms with Crippen molar-refractivity contribution in [1.29, 1.82) is 0 Å². The lowest BCUT2D eigenvalue weighted by Gasteiger charge is -2.20. The van der Waals surface area contributed by atoms with E-state index in [1.807, 2.05) is 30.5 Å². The number of primary amides is 1. The quantitative estimate of drug-likeness (QED) is 0.397. The van der Waals surface area contributed by atoms with Gasteiger partial charge in [-0.2, -0.15) is 0 Å². The van der Waals surface area contributed by atoms with Gasteiger partial charge in [-0.3, -0.25) is 9.59 Å². The van der Waals surface area contributed by atoms with E-state index < -0.39 is 18.0 Å². The van der Waals surface area contributed by atoms with E-state index in [0.29, 0.717) is 12.8 Å². The molecule has 6 N–H and O–H groups in total. The van der Waals surface area contributed by atoms with Gasteiger partial charge in [0.25, 0.3) is 0 Å². The van der Waals surface area contributed by atoms with E-state index in [1.165, 1.54) is 0 Å². The van der Waals surface area contributed by atoms with Gasteiger partial charge in [-0.25, -0.2) is 4.98 Å². The van der Waals surface area contributed by atoms with Crippen molar-refractivity contribution in [3.63, 3.8) is 0 Å². The standard InChI is InChI=1S/C18H22N6O2/c1-20-16(7-12-9-21-10-23-12)18(26)24-15(17(19)25)6-11-8-22-14-5-3-2-4-13(11)14/h2-5,8-10,15-16,20,22H,6-7H2,1H3,(H2,19,25)(H,21,23)(H,24,26)/t15-,16?/m0/s1. The van der Waals surface area contributed by atoms with E-state index in [2.05, 4.69) is 25.6 Å². The van der Waals surface area contributed by atoms with Crippen LogP contribution in [0.4, 0.5) is 0 Å². The Morgan fingerprint density at radius 1 is 1.19 bits per heavy atom. The van der Waals surface area contributed by atoms with Crippen LogP contribution in [0.15, 0.2) is 43.0 Å². The highest BCUT2D eigenvalue weighted by Crippen LogP contribution is 2.19. The monoisotopic (exact) mass is 354 g/mol. The Morgan fingerprint density at radius 2 is 2.00 bits per heavy atom. The molecule has 0 aliphatic heterocycles. The molecule has 1 unspecified atom stereocenters. The number of hydrogen-bond acceptors (Lipinski definition) is 4. The highest BCUT2D eigenvalue weighted by Gasteiger charge is 2.24. The first-order chi connectivity index (χ1) is 12.6. The third-order valence-electron chi connectivity index (χ3n) is 4.40. The molecule has 0 spiro atoms. The predicted molar refractivity (Wildman–Crippen MR) is 98.3 cm³/mol. The molecular weight excluding hydrogens is 332 g/mol. The Kier molecular flexibility index (Phi) is 5.33. The lowest BCUT2D eigenvalue weighted by molar-refractivity contribution is -0.128. The van der Waals surface area contributed by atoms with Crippen molar-refractivity contribution in [3.8, 4) is 0 Å². The first-order valence-electron chi connectivity index (χ1n) is 8.37. The molecule has 0 fully saturated rings. The Hall–Kier alpha value is -3.13. The summed E-state index contributed by atoms with van der Waals surface area (Å²) in [5, 5.41) is 6.72. The molecule has 0 aliphatic rings. The number of amides is 2. The van der Waals surface area contributed by atoms with Crippen LogP contribution in [0.25, 0.3) is 10.9 Å². The number of likely N-dealkylation sites (N-methyl/N-ethyl adjacent to an activating group) is 1. The summed E-state index contributed by atoms with van der Waals surface area (Å²) in [6, 6.07) is 6.50. The van der Waals surface area contributed by atoms with Crippen LogP contribution in [0.5, 0.6) is 0 Å². The molecule has 0 saturated heterocycles. The molecule has 1 aromatic carbocycles. The molecule has 2 atom stereocenters. The van der Waals surface area contributed by atoms with Gasteiger partial charge in [-0.05, 0) is 18.7 Å². The van der Waals surface area contributed by atoms with E-state index in [-0.39, 0.29) is 5.91 Å². The summed E-state index contributed by atoms with van der Waals surface area (Å²) in [6.45, 7) is 0. The second-order valence-corrected chi connectivity index (χ2v) is 6.15. The normalized spacial score (nSPS) is 13.4. The van der Waals surface area contributed by atoms with Gasteiger partial charge >= 0.3 is 0 Å². The van der Waals surface area contributed by atoms with Crippen LogP contribution in [-0.4, -0.2) is 45.9 Å². The Balaban J connectivity index is 1.71. The first kappa shape index (κ1) is 17.7. The maximum Gasteiger partial charge on any atom is 0.240 e. The predicted octanol–water partition coefficient (Wildman–Crippen LogP) is 0.234. The lowest BCUT2D eigenvalue weighted by Crippen LogP contribution is -2.52. The van der Waals surface area contributed by atoms with Crippen molar-refractivity contribution in [2.45, 2.75) is 24.9 Å². The molecule has 3 rings (SSSR count). The summed E-state index contributed by atoms with van der Waals surface area (Å²) < 4.78 is 0. The van der Waals surface area contributed by atoms with Crippen molar-refractivity contribution in [1.82, 2.24) is 25.6 Å². The number of aromatic amines is 2. The Bertz CT molecular complexity index is 886. The van der Waals surface area contributed by atoms with Gasteiger partial charge in [0.15, 0.2) is 0 Å². The fourth-order valence-corrected chi connectivity index (χ4v) is 2.96. The second-order valence-electron chi connectivity index (χ2n) is 6.15. The number of fused-ring (bicyclic) bond motifs is 1. The average molecular weight is 354 g/mol. The number of nitrogens with one attached hydrogen (secondary N) is 4. The number of hydrogen-bond donors (Lipinski definition) is 5. The summed E-state index contributed by atoms with van der Waals surface area (Å²) in [5.74, 6) is -0.856. The van der Waals surface area contributed by atoms with Crippen molar-refractivity contribution in [2.24, 2.45) is 5.73 Å². The molecule has 8 heteroatoms. The third-order valence-corrected chi connectivity index (χ3v) is 4.40. The third kappa shape index (κ3) is 3.92. The highest BCUT2D eigenvalue weighted by molar-refractivity contribution is 5.90. The summed E-state index contributed by atoms with van der Waals surface area (Å²) in [4.78, 5) is 34.5. The molecule has 0 bridgehead atoms. The average Bonchev–Trinajstić information content (AvgIpc) is 3.29. The van der Waals surface area contributed by atoms with E-state index >= 15 is 0 Å². The number of rotatable bonds is 8. The van der Waals surface area contributed by atoms with Crippen molar-refractivity contribution >= 4 is 22.7 Å². The number of carbonyl (C=O) groups is 2. The van der Waals surface area contributed by atoms with Gasteiger partial charge in [-0.1, -0.05) is 18.2 Å². The van der Waals surface area contributed by atoms with Crippen molar-refractivity contribution in [3.05, 3.63) is 54.2 Å². The van der Waals surface area contributed by atoms with Gasteiger partial charge in [0.1, 0.15) is 6.04 Å². The van der Waals surface area contributed by atoms with Gasteiger partial charge < -0.3 is 26.3 Å². The zero-order valence-corrected chi connectivity index (χ0v) is 14.5. The molecule has 2 aromatic heterocycles. The minimum atomic E-state index is -0.792. The number of aromatic nitrogens is 3. The smallest absolute Gasteiger partial charge is 0.240 e. The van der Waals surface area contributed by atoms with E-state index in [0.717, 1.165) is 22.2 Å². The molecule has 0 aliphatic carbocycles. The van der Waals surface area contributed by atoms with E-state index in [9.17, 15) is 9.59 Å². The fraction of sp³-hybridized carbons (Fsp3) is 0.278. The van der Waals surface area contributed by atoms with Gasteiger partial charge in [0, 0.05) is 41.8 Å². The second kappa shape index (κ2) is 7.83. The minimum Gasteiger partial charge on any atom is -0.368 e. The molecule has 2 heterocycles. The molecule has 26 heavy (non-hydrogen) atoms. The van der Waals surface area contributed by atoms with Gasteiger partial charge in [0.05, 0.1) is 12.4 Å². The molecule has 0 saturated carbocycles. The molecule has 3 aromatic rings. The largest absolute Gasteiger partial charge is 0.368 e. The maximum absolute atomic E-state index is 12.6. The fourth-order valence-electron chi connectivity index (χ4n) is 2.96. The number of para-hydroxylation sites is 1. The summed E-state index contributed by atoms with van der Waals surface area (Å²) in [5.41, 5.74) is 8.25. The van der Waals surface area contributed by atoms with Crippen LogP contribution >= 0.6 is 0 Å². The number of nitrogens with zero attached hydrogens (tertiary/aromatic N) is 1. The van der Waals surface area contributed by atoms with Crippen molar-refractivity contribution in [2.75, 3.05) is 7.05 Å². The molecule has 2 amide bonds. The number of nitrogens with two attached hydrogens (primary N) is 1. The number of imidazole rings is 1. The highest BCUT2D eigenvalue weighted by atomic mass is 16.2. The molecule has 0 radical (unpaired) electrons. The molecule has 136 valence electrons. The van der Waals surface area contributed by atoms with Crippen molar-refractivity contribution < 1.29 is 9.59 Å². The zero-order valence-electron chi connectivity index (χ0n) is 14.5. The SMILES string of the molecule is CNC(Cc1cnc[nH]1)C(=O)N[C@@H](Cc1c[nH]c2ccccc12)C(N)=O. The molecule has 8 nitrogen and oxygen atoms in total.